The number of hydrogen-bond donors (Lipinski definition) is 1. The van der Waals surface area contributed by atoms with Gasteiger partial charge in [0.25, 0.3) is 0 Å². The first kappa shape index (κ1) is 17.2. The normalized spacial score (nSPS) is 22.5. The molecule has 5 nitrogen and oxygen atoms in total. The average Bonchev–Trinajstić information content (AvgIpc) is 3.18. The van der Waals surface area contributed by atoms with Crippen molar-refractivity contribution in [2.75, 3.05) is 43.4 Å². The van der Waals surface area contributed by atoms with Gasteiger partial charge in [0.2, 0.25) is 0 Å². The topological polar surface area (TPSA) is 54.6 Å². The van der Waals surface area contributed by atoms with Gasteiger partial charge in [0.1, 0.15) is 5.82 Å². The highest BCUT2D eigenvalue weighted by molar-refractivity contribution is 5.54. The first-order chi connectivity index (χ1) is 12.7. The van der Waals surface area contributed by atoms with E-state index in [1.165, 1.54) is 6.07 Å². The Bertz CT molecular complexity index is 728. The molecule has 4 rings (SSSR count). The summed E-state index contributed by atoms with van der Waals surface area (Å²) in [6, 6.07) is 11.1. The minimum atomic E-state index is -0.251. The number of anilines is 2. The predicted molar refractivity (Wildman–Crippen MR) is 101 cm³/mol. The standard InChI is InChI=1S/C20H25FN4O/c21-16-14-15(22)6-7-18(16)24-9-11-25(12-10-24)20(19-5-3-13-26-19)17-4-1-2-8-23-17/h1-2,4,6-8,14,19-20H,3,5,9-13,22H2. The molecule has 138 valence electrons. The van der Waals surface area contributed by atoms with E-state index in [-0.39, 0.29) is 18.0 Å². The van der Waals surface area contributed by atoms with Crippen molar-refractivity contribution in [3.63, 3.8) is 0 Å². The van der Waals surface area contributed by atoms with Gasteiger partial charge in [-0.2, -0.15) is 0 Å². The quantitative estimate of drug-likeness (QED) is 0.854. The van der Waals surface area contributed by atoms with Crippen molar-refractivity contribution in [2.45, 2.75) is 25.0 Å². The van der Waals surface area contributed by atoms with Gasteiger partial charge in [0.15, 0.2) is 0 Å². The van der Waals surface area contributed by atoms with Crippen LogP contribution >= 0.6 is 0 Å². The van der Waals surface area contributed by atoms with Crippen LogP contribution in [0.4, 0.5) is 15.8 Å². The van der Waals surface area contributed by atoms with E-state index in [9.17, 15) is 4.39 Å². The van der Waals surface area contributed by atoms with Crippen LogP contribution in [0.15, 0.2) is 42.6 Å². The van der Waals surface area contributed by atoms with Crippen molar-refractivity contribution < 1.29 is 9.13 Å². The number of rotatable bonds is 4. The summed E-state index contributed by atoms with van der Waals surface area (Å²) in [6.45, 7) is 4.08. The molecule has 2 aromatic rings. The second kappa shape index (κ2) is 7.60. The zero-order chi connectivity index (χ0) is 17.9. The molecule has 2 saturated heterocycles. The Hall–Kier alpha value is -2.18. The van der Waals surface area contributed by atoms with E-state index in [0.717, 1.165) is 51.3 Å². The lowest BCUT2D eigenvalue weighted by Gasteiger charge is -2.41. The Morgan fingerprint density at radius 3 is 2.65 bits per heavy atom. The first-order valence-electron chi connectivity index (χ1n) is 9.29. The van der Waals surface area contributed by atoms with E-state index in [0.29, 0.717) is 11.4 Å². The smallest absolute Gasteiger partial charge is 0.148 e. The van der Waals surface area contributed by atoms with E-state index in [1.807, 2.05) is 18.3 Å². The van der Waals surface area contributed by atoms with E-state index >= 15 is 0 Å². The molecule has 1 aromatic heterocycles. The molecule has 1 aromatic carbocycles. The molecule has 3 heterocycles. The Morgan fingerprint density at radius 2 is 2.00 bits per heavy atom. The molecule has 2 N–H and O–H groups in total. The second-order valence-electron chi connectivity index (χ2n) is 6.98. The fourth-order valence-corrected chi connectivity index (χ4v) is 4.04. The molecular weight excluding hydrogens is 331 g/mol. The maximum Gasteiger partial charge on any atom is 0.148 e. The zero-order valence-corrected chi connectivity index (χ0v) is 14.9. The average molecular weight is 356 g/mol. The molecule has 2 fully saturated rings. The molecule has 2 aliphatic heterocycles. The van der Waals surface area contributed by atoms with Crippen LogP contribution in [0.3, 0.4) is 0 Å². The molecule has 0 bridgehead atoms. The number of halogens is 1. The van der Waals surface area contributed by atoms with Crippen molar-refractivity contribution in [1.29, 1.82) is 0 Å². The third-order valence-corrected chi connectivity index (χ3v) is 5.33. The lowest BCUT2D eigenvalue weighted by molar-refractivity contribution is 0.0183. The van der Waals surface area contributed by atoms with Gasteiger partial charge in [0, 0.05) is 44.7 Å². The number of aromatic nitrogens is 1. The predicted octanol–water partition coefficient (Wildman–Crippen LogP) is 2.85. The highest BCUT2D eigenvalue weighted by atomic mass is 19.1. The molecule has 0 aliphatic carbocycles. The number of nitrogens with two attached hydrogens (primary N) is 1. The molecule has 2 aliphatic rings. The SMILES string of the molecule is Nc1ccc(N2CCN(C(c3ccccn3)C3CCCO3)CC2)c(F)c1. The van der Waals surface area contributed by atoms with Crippen LogP contribution in [-0.2, 0) is 4.74 Å². The summed E-state index contributed by atoms with van der Waals surface area (Å²) in [6.07, 6.45) is 4.19. The van der Waals surface area contributed by atoms with Crippen LogP contribution < -0.4 is 10.6 Å². The summed E-state index contributed by atoms with van der Waals surface area (Å²) in [7, 11) is 0. The number of piperazine rings is 1. The van der Waals surface area contributed by atoms with Crippen LogP contribution in [0, 0.1) is 5.82 Å². The van der Waals surface area contributed by atoms with Crippen LogP contribution in [0.25, 0.3) is 0 Å². The van der Waals surface area contributed by atoms with Gasteiger partial charge in [-0.25, -0.2) is 4.39 Å². The van der Waals surface area contributed by atoms with Gasteiger partial charge < -0.3 is 15.4 Å². The summed E-state index contributed by atoms with van der Waals surface area (Å²) in [5.41, 5.74) is 7.81. The molecule has 0 saturated carbocycles. The van der Waals surface area contributed by atoms with Gasteiger partial charge >= 0.3 is 0 Å². The van der Waals surface area contributed by atoms with E-state index < -0.39 is 0 Å². The van der Waals surface area contributed by atoms with E-state index in [2.05, 4.69) is 20.9 Å². The Labute approximate surface area is 153 Å². The van der Waals surface area contributed by atoms with Gasteiger partial charge in [0.05, 0.1) is 23.5 Å². The third-order valence-electron chi connectivity index (χ3n) is 5.33. The summed E-state index contributed by atoms with van der Waals surface area (Å²) in [5, 5.41) is 0. The molecule has 0 spiro atoms. The van der Waals surface area contributed by atoms with Gasteiger partial charge in [-0.1, -0.05) is 6.07 Å². The summed E-state index contributed by atoms with van der Waals surface area (Å²) < 4.78 is 20.2. The van der Waals surface area contributed by atoms with Crippen LogP contribution in [0.1, 0.15) is 24.6 Å². The van der Waals surface area contributed by atoms with Gasteiger partial charge in [-0.3, -0.25) is 9.88 Å². The fourth-order valence-electron chi connectivity index (χ4n) is 4.04. The molecular formula is C20H25FN4O. The monoisotopic (exact) mass is 356 g/mol. The molecule has 6 heteroatoms. The van der Waals surface area contributed by atoms with E-state index in [4.69, 9.17) is 10.5 Å². The van der Waals surface area contributed by atoms with Crippen molar-refractivity contribution in [3.8, 4) is 0 Å². The Kier molecular flexibility index (Phi) is 5.04. The van der Waals surface area contributed by atoms with E-state index in [1.54, 1.807) is 12.1 Å². The lowest BCUT2D eigenvalue weighted by atomic mass is 10.0. The Morgan fingerprint density at radius 1 is 1.15 bits per heavy atom. The summed E-state index contributed by atoms with van der Waals surface area (Å²) >= 11 is 0. The first-order valence-corrected chi connectivity index (χ1v) is 9.29. The lowest BCUT2D eigenvalue weighted by Crippen LogP contribution is -2.50. The molecule has 26 heavy (non-hydrogen) atoms. The largest absolute Gasteiger partial charge is 0.399 e. The third kappa shape index (κ3) is 3.52. The van der Waals surface area contributed by atoms with Gasteiger partial charge in [-0.05, 0) is 43.2 Å². The van der Waals surface area contributed by atoms with Crippen molar-refractivity contribution in [2.24, 2.45) is 0 Å². The highest BCUT2D eigenvalue weighted by Crippen LogP contribution is 2.32. The molecule has 0 radical (unpaired) electrons. The molecule has 0 amide bonds. The summed E-state index contributed by atoms with van der Waals surface area (Å²) in [4.78, 5) is 9.12. The zero-order valence-electron chi connectivity index (χ0n) is 14.9. The summed E-state index contributed by atoms with van der Waals surface area (Å²) in [5.74, 6) is -0.251. The van der Waals surface area contributed by atoms with Crippen molar-refractivity contribution >= 4 is 11.4 Å². The number of nitrogen functional groups attached to an aromatic ring is 1. The fraction of sp³-hybridized carbons (Fsp3) is 0.450. The van der Waals surface area contributed by atoms with Gasteiger partial charge in [-0.15, -0.1) is 0 Å². The second-order valence-corrected chi connectivity index (χ2v) is 6.98. The number of ether oxygens (including phenoxy) is 1. The van der Waals surface area contributed by atoms with Crippen molar-refractivity contribution in [1.82, 2.24) is 9.88 Å². The number of hydrogen-bond acceptors (Lipinski definition) is 5. The number of pyridine rings is 1. The number of benzene rings is 1. The number of nitrogens with zero attached hydrogens (tertiary/aromatic N) is 3. The van der Waals surface area contributed by atoms with Crippen LogP contribution in [0.5, 0.6) is 0 Å². The van der Waals surface area contributed by atoms with Crippen LogP contribution in [0.2, 0.25) is 0 Å². The minimum absolute atomic E-state index is 0.164. The maximum absolute atomic E-state index is 14.2. The molecule has 2 atom stereocenters. The highest BCUT2D eigenvalue weighted by Gasteiger charge is 2.35. The van der Waals surface area contributed by atoms with Crippen molar-refractivity contribution in [3.05, 3.63) is 54.1 Å². The maximum atomic E-state index is 14.2. The Balaban J connectivity index is 1.49. The van der Waals surface area contributed by atoms with Crippen LogP contribution in [-0.4, -0.2) is 48.8 Å². The molecule has 2 unspecified atom stereocenters. The minimum Gasteiger partial charge on any atom is -0.399 e.